The number of amides is 1. The number of nitro groups is 1. The fraction of sp³-hybridized carbons (Fsp3) is 0.208. The van der Waals surface area contributed by atoms with Crippen LogP contribution in [0.2, 0.25) is 0 Å². The third-order valence-corrected chi connectivity index (χ3v) is 6.22. The molecule has 3 heterocycles. The first-order chi connectivity index (χ1) is 18.0. The molecule has 4 rings (SSSR count). The van der Waals surface area contributed by atoms with E-state index in [4.69, 9.17) is 0 Å². The number of carbonyl (C=O) groups is 1. The highest BCUT2D eigenvalue weighted by Crippen LogP contribution is 2.27. The molecule has 12 nitrogen and oxygen atoms in total. The first-order valence-electron chi connectivity index (χ1n) is 11.3. The average Bonchev–Trinajstić information content (AvgIpc) is 3.21. The molecule has 0 aliphatic heterocycles. The van der Waals surface area contributed by atoms with Crippen molar-refractivity contribution >= 4 is 55.9 Å². The summed E-state index contributed by atoms with van der Waals surface area (Å²) in [5, 5.41) is 17.7. The summed E-state index contributed by atoms with van der Waals surface area (Å²) < 4.78 is 15.9. The molecule has 1 amide bonds. The highest BCUT2D eigenvalue weighted by Gasteiger charge is 2.26. The number of hydrogen-bond acceptors (Lipinski definition) is 8. The van der Waals surface area contributed by atoms with E-state index in [2.05, 4.69) is 46.5 Å². The Labute approximate surface area is 241 Å². The fourth-order valence-corrected chi connectivity index (χ4v) is 4.08. The summed E-state index contributed by atoms with van der Waals surface area (Å²) in [4.78, 5) is 39.9. The number of imidazole rings is 1. The van der Waals surface area contributed by atoms with Gasteiger partial charge in [0.05, 0.1) is 36.8 Å². The number of aromatic nitrogens is 5. The molecule has 0 saturated heterocycles. The first-order valence-corrected chi connectivity index (χ1v) is 12.1. The van der Waals surface area contributed by atoms with Crippen LogP contribution in [0.3, 0.4) is 0 Å². The van der Waals surface area contributed by atoms with Crippen LogP contribution in [0.15, 0.2) is 59.7 Å². The molecule has 4 aromatic rings. The average molecular weight is 665 g/mol. The Hall–Kier alpha value is -3.82. The van der Waals surface area contributed by atoms with E-state index in [9.17, 15) is 19.3 Å². The van der Waals surface area contributed by atoms with Gasteiger partial charge in [0, 0.05) is 24.2 Å². The highest BCUT2D eigenvalue weighted by molar-refractivity contribution is 9.10. The van der Waals surface area contributed by atoms with Crippen LogP contribution >= 0.6 is 15.9 Å². The number of fused-ring (bicyclic) bond motifs is 1. The molecule has 0 aliphatic rings. The largest absolute Gasteiger partial charge is 1.00 e. The van der Waals surface area contributed by atoms with Crippen LogP contribution in [0.1, 0.15) is 5.69 Å². The summed E-state index contributed by atoms with van der Waals surface area (Å²) in [5.74, 6) is -0.189. The lowest BCUT2D eigenvalue weighted by atomic mass is 10.2. The van der Waals surface area contributed by atoms with Gasteiger partial charge in [0.2, 0.25) is 12.2 Å². The number of anilines is 3. The Morgan fingerprint density at radius 3 is 2.72 bits per heavy atom. The third kappa shape index (κ3) is 7.40. The molecule has 0 aliphatic carbocycles. The molecule has 3 aromatic heterocycles. The summed E-state index contributed by atoms with van der Waals surface area (Å²) in [7, 11) is 5.51. The van der Waals surface area contributed by atoms with Gasteiger partial charge in [-0.2, -0.15) is 0 Å². The number of quaternary nitrogens is 1. The molecule has 0 fully saturated rings. The third-order valence-electron chi connectivity index (χ3n) is 5.61. The number of nitrogens with one attached hydrogen (secondary N) is 2. The van der Waals surface area contributed by atoms with Crippen LogP contribution in [0.4, 0.5) is 27.5 Å². The zero-order valence-electron chi connectivity index (χ0n) is 21.1. The van der Waals surface area contributed by atoms with Crippen LogP contribution in [-0.2, 0) is 18.4 Å². The molecular formula is C24H24Br2FN9O3. The molecule has 0 unspecified atom stereocenters. The zero-order chi connectivity index (χ0) is 27.4. The van der Waals surface area contributed by atoms with Crippen molar-refractivity contribution in [2.75, 3.05) is 31.3 Å². The van der Waals surface area contributed by atoms with Crippen molar-refractivity contribution in [3.05, 3.63) is 81.4 Å². The number of halogens is 3. The zero-order valence-corrected chi connectivity index (χ0v) is 24.3. The summed E-state index contributed by atoms with van der Waals surface area (Å²) in [5.41, 5.74) is 1.67. The maximum atomic E-state index is 13.6. The van der Waals surface area contributed by atoms with E-state index >= 15 is 0 Å². The molecule has 2 N–H and O–H groups in total. The molecule has 0 radical (unpaired) electrons. The lowest BCUT2D eigenvalue weighted by molar-refractivity contribution is -0.898. The Morgan fingerprint density at radius 1 is 1.23 bits per heavy atom. The van der Waals surface area contributed by atoms with Gasteiger partial charge in [0.1, 0.15) is 30.3 Å². The van der Waals surface area contributed by atoms with Crippen LogP contribution in [0.5, 0.6) is 0 Å². The normalized spacial score (nSPS) is 11.4. The number of nitrogens with zero attached hydrogens (tertiary/aromatic N) is 7. The standard InChI is InChI=1S/C24H23BrFN9O3.BrH/c1-33-14-30-24(34(37)38)20(33)12-35(2,3)8-4-5-22(36)32-21-10-16-19(11-27-21)28-13-29-23(16)31-15-6-7-18(26)17(25)9-15;/h4-7,9-11,13-14H,8,12H2,1-3H3,(H-,27,28,29,31,32,36);1H/b5-4+;. The summed E-state index contributed by atoms with van der Waals surface area (Å²) in [6.07, 6.45) is 7.40. The Bertz CT molecular complexity index is 1560. The summed E-state index contributed by atoms with van der Waals surface area (Å²) in [6, 6.07) is 6.14. The monoisotopic (exact) mass is 663 g/mol. The van der Waals surface area contributed by atoms with Crippen LogP contribution < -0.4 is 27.6 Å². The van der Waals surface area contributed by atoms with Crippen LogP contribution in [0, 0.1) is 15.9 Å². The second-order valence-electron chi connectivity index (χ2n) is 9.11. The van der Waals surface area contributed by atoms with Crippen molar-refractivity contribution in [1.29, 1.82) is 0 Å². The molecule has 0 spiro atoms. The van der Waals surface area contributed by atoms with Gasteiger partial charge in [0.25, 0.3) is 0 Å². The minimum atomic E-state index is -0.500. The second kappa shape index (κ2) is 12.4. The molecule has 204 valence electrons. The maximum Gasteiger partial charge on any atom is 0.390 e. The van der Waals surface area contributed by atoms with Gasteiger partial charge in [-0.1, -0.05) is 0 Å². The highest BCUT2D eigenvalue weighted by atomic mass is 79.9. The van der Waals surface area contributed by atoms with Crippen molar-refractivity contribution in [2.24, 2.45) is 7.05 Å². The van der Waals surface area contributed by atoms with Gasteiger partial charge in [-0.15, -0.1) is 0 Å². The quantitative estimate of drug-likeness (QED) is 0.117. The van der Waals surface area contributed by atoms with Crippen molar-refractivity contribution in [2.45, 2.75) is 6.54 Å². The number of rotatable bonds is 9. The van der Waals surface area contributed by atoms with E-state index in [1.165, 1.54) is 31.0 Å². The van der Waals surface area contributed by atoms with Crippen LogP contribution in [-0.4, -0.2) is 60.5 Å². The summed E-state index contributed by atoms with van der Waals surface area (Å²) in [6.45, 7) is 0.793. The second-order valence-corrected chi connectivity index (χ2v) is 9.97. The molecule has 0 atom stereocenters. The summed E-state index contributed by atoms with van der Waals surface area (Å²) >= 11 is 3.16. The topological polar surface area (TPSA) is 141 Å². The number of likely N-dealkylation sites (N-methyl/N-ethyl adjacent to an activating group) is 1. The lowest BCUT2D eigenvalue weighted by Gasteiger charge is -2.27. The van der Waals surface area contributed by atoms with Crippen molar-refractivity contribution < 1.29 is 35.6 Å². The first kappa shape index (κ1) is 29.7. The number of benzene rings is 1. The molecular weight excluding hydrogens is 641 g/mol. The Morgan fingerprint density at radius 2 is 2.00 bits per heavy atom. The van der Waals surface area contributed by atoms with E-state index in [1.807, 2.05) is 14.1 Å². The van der Waals surface area contributed by atoms with Gasteiger partial charge >= 0.3 is 5.82 Å². The van der Waals surface area contributed by atoms with E-state index in [0.29, 0.717) is 56.0 Å². The van der Waals surface area contributed by atoms with Crippen molar-refractivity contribution in [3.63, 3.8) is 0 Å². The maximum absolute atomic E-state index is 13.6. The molecule has 0 saturated carbocycles. The van der Waals surface area contributed by atoms with Crippen molar-refractivity contribution in [3.8, 4) is 0 Å². The molecule has 0 bridgehead atoms. The van der Waals surface area contributed by atoms with Crippen LogP contribution in [0.25, 0.3) is 10.9 Å². The minimum absolute atomic E-state index is 0. The number of aryl methyl sites for hydroxylation is 1. The lowest BCUT2D eigenvalue weighted by Crippen LogP contribution is -3.00. The molecule has 15 heteroatoms. The molecule has 1 aromatic carbocycles. The van der Waals surface area contributed by atoms with E-state index < -0.39 is 10.8 Å². The van der Waals surface area contributed by atoms with E-state index in [1.54, 1.807) is 35.9 Å². The fourth-order valence-electron chi connectivity index (χ4n) is 3.70. The van der Waals surface area contributed by atoms with Crippen molar-refractivity contribution in [1.82, 2.24) is 24.5 Å². The van der Waals surface area contributed by atoms with Gasteiger partial charge in [-0.05, 0) is 56.2 Å². The van der Waals surface area contributed by atoms with Gasteiger partial charge in [0.15, 0.2) is 5.69 Å². The number of pyridine rings is 1. The SMILES string of the molecule is Cn1cnc([N+](=O)[O-])c1C[N+](C)(C)C/C=C/C(=O)Nc1cc2c(Nc3ccc(F)c(Br)c3)ncnc2cn1.[Br-]. The van der Waals surface area contributed by atoms with E-state index in [-0.39, 0.29) is 28.6 Å². The minimum Gasteiger partial charge on any atom is -1.00 e. The van der Waals surface area contributed by atoms with Gasteiger partial charge < -0.3 is 46.8 Å². The predicted molar refractivity (Wildman–Crippen MR) is 143 cm³/mol. The Kier molecular flexibility index (Phi) is 9.42. The smallest absolute Gasteiger partial charge is 0.390 e. The number of hydrogen-bond donors (Lipinski definition) is 2. The van der Waals surface area contributed by atoms with E-state index in [0.717, 1.165) is 0 Å². The van der Waals surface area contributed by atoms with Gasteiger partial charge in [-0.25, -0.2) is 19.3 Å². The van der Waals surface area contributed by atoms with Gasteiger partial charge in [-0.3, -0.25) is 4.79 Å². The Balaban J connectivity index is 0.00000420. The molecule has 39 heavy (non-hydrogen) atoms. The number of carbonyl (C=O) groups excluding carboxylic acids is 1. The predicted octanol–water partition coefficient (Wildman–Crippen LogP) is 1.09.